The minimum Gasteiger partial charge on any atom is -0.449 e. The number of fused-ring (bicyclic) bond motifs is 1. The Morgan fingerprint density at radius 1 is 1.33 bits per heavy atom. The Labute approximate surface area is 159 Å². The van der Waals surface area contributed by atoms with Gasteiger partial charge >= 0.3 is 6.09 Å². The SMILES string of the molecule is CCCCC(CC)COC(=O)N1CCc2noc(-c3ccc(F)cc3)c2C1. The van der Waals surface area contributed by atoms with Crippen LogP contribution in [-0.4, -0.2) is 29.3 Å². The van der Waals surface area contributed by atoms with Crippen LogP contribution in [0.3, 0.4) is 0 Å². The van der Waals surface area contributed by atoms with Crippen molar-refractivity contribution in [3.8, 4) is 11.3 Å². The lowest BCUT2D eigenvalue weighted by molar-refractivity contribution is 0.0809. The molecule has 0 aliphatic carbocycles. The summed E-state index contributed by atoms with van der Waals surface area (Å²) in [6.45, 7) is 5.73. The minimum atomic E-state index is -0.300. The van der Waals surface area contributed by atoms with Gasteiger partial charge in [0.1, 0.15) is 5.82 Å². The van der Waals surface area contributed by atoms with Crippen molar-refractivity contribution >= 4 is 6.09 Å². The molecule has 0 fully saturated rings. The van der Waals surface area contributed by atoms with E-state index in [0.717, 1.165) is 42.5 Å². The Morgan fingerprint density at radius 3 is 2.81 bits per heavy atom. The molecule has 0 spiro atoms. The van der Waals surface area contributed by atoms with Crippen molar-refractivity contribution in [1.29, 1.82) is 0 Å². The van der Waals surface area contributed by atoms with Crippen molar-refractivity contribution < 1.29 is 18.4 Å². The quantitative estimate of drug-likeness (QED) is 0.669. The molecule has 0 N–H and O–H groups in total. The van der Waals surface area contributed by atoms with E-state index >= 15 is 0 Å². The van der Waals surface area contributed by atoms with E-state index in [1.165, 1.54) is 12.1 Å². The van der Waals surface area contributed by atoms with E-state index in [1.807, 2.05) is 0 Å². The molecule has 27 heavy (non-hydrogen) atoms. The Morgan fingerprint density at radius 2 is 2.11 bits per heavy atom. The number of halogens is 1. The van der Waals surface area contributed by atoms with Crippen LogP contribution in [0.2, 0.25) is 0 Å². The molecule has 0 saturated heterocycles. The van der Waals surface area contributed by atoms with Gasteiger partial charge in [-0.3, -0.25) is 0 Å². The van der Waals surface area contributed by atoms with E-state index in [0.29, 0.717) is 37.8 Å². The van der Waals surface area contributed by atoms with Gasteiger partial charge in [-0.15, -0.1) is 0 Å². The summed E-state index contributed by atoms with van der Waals surface area (Å²) in [5.74, 6) is 0.711. The van der Waals surface area contributed by atoms with Gasteiger partial charge in [0.2, 0.25) is 0 Å². The number of amides is 1. The number of carbonyl (C=O) groups is 1. The lowest BCUT2D eigenvalue weighted by atomic mass is 10.0. The van der Waals surface area contributed by atoms with Crippen molar-refractivity contribution in [2.45, 2.75) is 52.5 Å². The van der Waals surface area contributed by atoms with Crippen LogP contribution in [0.25, 0.3) is 11.3 Å². The molecule has 6 heteroatoms. The fourth-order valence-corrected chi connectivity index (χ4v) is 3.37. The fourth-order valence-electron chi connectivity index (χ4n) is 3.37. The third-order valence-corrected chi connectivity index (χ3v) is 5.19. The molecule has 5 nitrogen and oxygen atoms in total. The second kappa shape index (κ2) is 9.02. The van der Waals surface area contributed by atoms with Crippen LogP contribution >= 0.6 is 0 Å². The van der Waals surface area contributed by atoms with Crippen molar-refractivity contribution in [3.63, 3.8) is 0 Å². The second-order valence-electron chi connectivity index (χ2n) is 7.11. The molecule has 2 heterocycles. The molecule has 1 aromatic heterocycles. The van der Waals surface area contributed by atoms with Gasteiger partial charge in [-0.25, -0.2) is 9.18 Å². The number of benzene rings is 1. The zero-order chi connectivity index (χ0) is 19.2. The molecule has 1 aromatic carbocycles. The van der Waals surface area contributed by atoms with Crippen LogP contribution in [0.15, 0.2) is 28.8 Å². The summed E-state index contributed by atoms with van der Waals surface area (Å²) >= 11 is 0. The summed E-state index contributed by atoms with van der Waals surface area (Å²) in [4.78, 5) is 14.2. The number of aromatic nitrogens is 1. The molecular weight excluding hydrogens is 347 g/mol. The Bertz CT molecular complexity index is 757. The topological polar surface area (TPSA) is 55.6 Å². The summed E-state index contributed by atoms with van der Waals surface area (Å²) in [5, 5.41) is 4.12. The van der Waals surface area contributed by atoms with E-state index < -0.39 is 0 Å². The zero-order valence-corrected chi connectivity index (χ0v) is 16.0. The number of hydrogen-bond acceptors (Lipinski definition) is 4. The summed E-state index contributed by atoms with van der Waals surface area (Å²) < 4.78 is 24.2. The van der Waals surface area contributed by atoms with Crippen molar-refractivity contribution in [2.24, 2.45) is 5.92 Å². The average Bonchev–Trinajstić information content (AvgIpc) is 3.11. The lowest BCUT2D eigenvalue weighted by Crippen LogP contribution is -2.37. The predicted molar refractivity (Wildman–Crippen MR) is 101 cm³/mol. The fraction of sp³-hybridized carbons (Fsp3) is 0.524. The summed E-state index contributed by atoms with van der Waals surface area (Å²) in [7, 11) is 0. The van der Waals surface area contributed by atoms with Gasteiger partial charge in [0.15, 0.2) is 5.76 Å². The van der Waals surface area contributed by atoms with Crippen LogP contribution in [0, 0.1) is 11.7 Å². The van der Waals surface area contributed by atoms with Gasteiger partial charge in [-0.05, 0) is 36.6 Å². The van der Waals surface area contributed by atoms with E-state index in [2.05, 4.69) is 19.0 Å². The molecule has 1 amide bonds. The number of rotatable bonds is 7. The number of hydrogen-bond donors (Lipinski definition) is 0. The maximum absolute atomic E-state index is 13.2. The molecule has 3 rings (SSSR count). The molecular formula is C21H27FN2O3. The molecule has 0 bridgehead atoms. The third-order valence-electron chi connectivity index (χ3n) is 5.19. The number of carbonyl (C=O) groups excluding carboxylic acids is 1. The highest BCUT2D eigenvalue weighted by molar-refractivity contribution is 5.70. The van der Waals surface area contributed by atoms with Gasteiger partial charge in [0, 0.05) is 24.1 Å². The highest BCUT2D eigenvalue weighted by Gasteiger charge is 2.28. The first kappa shape index (κ1) is 19.4. The average molecular weight is 374 g/mol. The van der Waals surface area contributed by atoms with Crippen molar-refractivity contribution in [2.75, 3.05) is 13.2 Å². The molecule has 1 unspecified atom stereocenters. The van der Waals surface area contributed by atoms with Crippen molar-refractivity contribution in [3.05, 3.63) is 41.3 Å². The van der Waals surface area contributed by atoms with Gasteiger partial charge in [0.05, 0.1) is 18.8 Å². The third kappa shape index (κ3) is 4.67. The van der Waals surface area contributed by atoms with Crippen molar-refractivity contribution in [1.82, 2.24) is 10.1 Å². The van der Waals surface area contributed by atoms with Crippen LogP contribution in [-0.2, 0) is 17.7 Å². The number of nitrogens with zero attached hydrogens (tertiary/aromatic N) is 2. The maximum Gasteiger partial charge on any atom is 0.410 e. The van der Waals surface area contributed by atoms with Crippen LogP contribution in [0.5, 0.6) is 0 Å². The Balaban J connectivity index is 1.64. The smallest absolute Gasteiger partial charge is 0.410 e. The minimum absolute atomic E-state index is 0.290. The number of unbranched alkanes of at least 4 members (excludes halogenated alkanes) is 1. The van der Waals surface area contributed by atoms with Gasteiger partial charge in [-0.2, -0.15) is 0 Å². The van der Waals surface area contributed by atoms with Gasteiger partial charge in [0.25, 0.3) is 0 Å². The molecule has 0 saturated carbocycles. The Kier molecular flexibility index (Phi) is 6.48. The first-order chi connectivity index (χ1) is 13.1. The molecule has 146 valence electrons. The molecule has 0 radical (unpaired) electrons. The Hall–Kier alpha value is -2.37. The van der Waals surface area contributed by atoms with Crippen LogP contribution in [0.4, 0.5) is 9.18 Å². The van der Waals surface area contributed by atoms with E-state index in [-0.39, 0.29) is 11.9 Å². The van der Waals surface area contributed by atoms with E-state index in [1.54, 1.807) is 17.0 Å². The molecule has 1 aliphatic rings. The van der Waals surface area contributed by atoms with Crippen LogP contribution < -0.4 is 0 Å². The molecule has 2 aromatic rings. The summed E-state index contributed by atoms with van der Waals surface area (Å²) in [6.07, 6.45) is 4.75. The number of ether oxygens (including phenoxy) is 1. The van der Waals surface area contributed by atoms with Crippen LogP contribution in [0.1, 0.15) is 50.8 Å². The zero-order valence-electron chi connectivity index (χ0n) is 16.0. The first-order valence-electron chi connectivity index (χ1n) is 9.77. The standard InChI is InChI=1S/C21H27FN2O3/c1-3-5-6-15(4-2)14-26-21(25)24-12-11-19-18(13-24)20(27-23-19)16-7-9-17(22)10-8-16/h7-10,15H,3-6,11-14H2,1-2H3. The largest absolute Gasteiger partial charge is 0.449 e. The summed E-state index contributed by atoms with van der Waals surface area (Å²) in [6, 6.07) is 6.10. The van der Waals surface area contributed by atoms with Gasteiger partial charge in [-0.1, -0.05) is 38.3 Å². The maximum atomic E-state index is 13.2. The predicted octanol–water partition coefficient (Wildman–Crippen LogP) is 5.19. The first-order valence-corrected chi connectivity index (χ1v) is 9.77. The highest BCUT2D eigenvalue weighted by Crippen LogP contribution is 2.31. The highest BCUT2D eigenvalue weighted by atomic mass is 19.1. The monoisotopic (exact) mass is 374 g/mol. The van der Waals surface area contributed by atoms with E-state index in [4.69, 9.17) is 9.26 Å². The lowest BCUT2D eigenvalue weighted by Gasteiger charge is -2.26. The summed E-state index contributed by atoms with van der Waals surface area (Å²) in [5.41, 5.74) is 2.49. The molecule has 1 aliphatic heterocycles. The molecule has 1 atom stereocenters. The van der Waals surface area contributed by atoms with E-state index in [9.17, 15) is 9.18 Å². The second-order valence-corrected chi connectivity index (χ2v) is 7.11. The normalized spacial score (nSPS) is 14.7. The van der Waals surface area contributed by atoms with Gasteiger partial charge < -0.3 is 14.2 Å².